The third-order valence-corrected chi connectivity index (χ3v) is 1.81. The van der Waals surface area contributed by atoms with Gasteiger partial charge in [0.15, 0.2) is 0 Å². The lowest BCUT2D eigenvalue weighted by Crippen LogP contribution is -2.11. The van der Waals surface area contributed by atoms with E-state index >= 15 is 0 Å². The molecule has 0 aliphatic carbocycles. The number of hydrogen-bond donors (Lipinski definition) is 1. The summed E-state index contributed by atoms with van der Waals surface area (Å²) < 4.78 is 0. The molecule has 12 heavy (non-hydrogen) atoms. The SMILES string of the molecule is C[C@@H](Cc1ccccc1)C(=O)O. The standard InChI is InChI=1S/C10H12O2/c1-8(10(11)12)7-9-5-3-2-4-6-9/h2-6,8H,7H2,1H3,(H,11,12)/t8-/m0/s1. The summed E-state index contributed by atoms with van der Waals surface area (Å²) in [4.78, 5) is 10.5. The van der Waals surface area contributed by atoms with Crippen molar-refractivity contribution in [3.8, 4) is 0 Å². The molecule has 0 saturated carbocycles. The zero-order valence-electron chi connectivity index (χ0n) is 7.03. The zero-order valence-corrected chi connectivity index (χ0v) is 7.03. The number of benzene rings is 1. The fourth-order valence-corrected chi connectivity index (χ4v) is 1.05. The Morgan fingerprint density at radius 1 is 1.42 bits per heavy atom. The molecule has 0 unspecified atom stereocenters. The van der Waals surface area contributed by atoms with E-state index in [0.717, 1.165) is 5.56 Å². The van der Waals surface area contributed by atoms with Gasteiger partial charge < -0.3 is 5.11 Å². The molecule has 1 atom stereocenters. The quantitative estimate of drug-likeness (QED) is 0.741. The average Bonchev–Trinajstić information content (AvgIpc) is 2.06. The maximum Gasteiger partial charge on any atom is 0.306 e. The number of carboxylic acid groups (broad SMARTS) is 1. The number of carboxylic acids is 1. The molecular weight excluding hydrogens is 152 g/mol. The lowest BCUT2D eigenvalue weighted by molar-refractivity contribution is -0.141. The zero-order chi connectivity index (χ0) is 8.97. The van der Waals surface area contributed by atoms with Crippen LogP contribution in [0.4, 0.5) is 0 Å². The lowest BCUT2D eigenvalue weighted by Gasteiger charge is -2.04. The van der Waals surface area contributed by atoms with Crippen LogP contribution in [0, 0.1) is 5.92 Å². The van der Waals surface area contributed by atoms with Crippen molar-refractivity contribution in [1.82, 2.24) is 0 Å². The smallest absolute Gasteiger partial charge is 0.306 e. The molecule has 1 rings (SSSR count). The van der Waals surface area contributed by atoms with Crippen molar-refractivity contribution in [3.05, 3.63) is 35.9 Å². The van der Waals surface area contributed by atoms with Gasteiger partial charge in [0, 0.05) is 0 Å². The second kappa shape index (κ2) is 3.90. The van der Waals surface area contributed by atoms with Crippen LogP contribution in [-0.4, -0.2) is 11.1 Å². The Labute approximate surface area is 71.8 Å². The third-order valence-electron chi connectivity index (χ3n) is 1.81. The monoisotopic (exact) mass is 164 g/mol. The molecule has 2 heteroatoms. The molecule has 0 aromatic heterocycles. The Kier molecular flexibility index (Phi) is 2.86. The lowest BCUT2D eigenvalue weighted by atomic mass is 10.0. The molecule has 0 heterocycles. The van der Waals surface area contributed by atoms with E-state index in [9.17, 15) is 4.79 Å². The summed E-state index contributed by atoms with van der Waals surface area (Å²) in [6.45, 7) is 1.72. The van der Waals surface area contributed by atoms with Crippen molar-refractivity contribution in [2.24, 2.45) is 5.92 Å². The minimum absolute atomic E-state index is 0.299. The Bertz CT molecular complexity index is 254. The van der Waals surface area contributed by atoms with Crippen LogP contribution in [0.25, 0.3) is 0 Å². The molecule has 0 amide bonds. The van der Waals surface area contributed by atoms with Crippen molar-refractivity contribution >= 4 is 5.97 Å². The first-order valence-electron chi connectivity index (χ1n) is 3.97. The fourth-order valence-electron chi connectivity index (χ4n) is 1.05. The predicted octanol–water partition coefficient (Wildman–Crippen LogP) is 1.95. The maximum absolute atomic E-state index is 10.5. The van der Waals surface area contributed by atoms with Gasteiger partial charge in [0.1, 0.15) is 0 Å². The largest absolute Gasteiger partial charge is 0.481 e. The van der Waals surface area contributed by atoms with Crippen LogP contribution >= 0.6 is 0 Å². The summed E-state index contributed by atoms with van der Waals surface area (Å²) in [5.41, 5.74) is 1.08. The Balaban J connectivity index is 2.58. The summed E-state index contributed by atoms with van der Waals surface area (Å²) in [5.74, 6) is -1.04. The van der Waals surface area contributed by atoms with Crippen LogP contribution in [0.5, 0.6) is 0 Å². The first-order chi connectivity index (χ1) is 5.70. The van der Waals surface area contributed by atoms with Gasteiger partial charge in [-0.1, -0.05) is 37.3 Å². The van der Waals surface area contributed by atoms with E-state index in [1.165, 1.54) is 0 Å². The summed E-state index contributed by atoms with van der Waals surface area (Å²) in [5, 5.41) is 8.64. The van der Waals surface area contributed by atoms with E-state index in [-0.39, 0.29) is 5.92 Å². The topological polar surface area (TPSA) is 37.3 Å². The second-order valence-electron chi connectivity index (χ2n) is 2.93. The van der Waals surface area contributed by atoms with Crippen molar-refractivity contribution < 1.29 is 9.90 Å². The van der Waals surface area contributed by atoms with Crippen LogP contribution in [0.15, 0.2) is 30.3 Å². The average molecular weight is 164 g/mol. The van der Waals surface area contributed by atoms with Crippen molar-refractivity contribution in [3.63, 3.8) is 0 Å². The molecule has 1 aromatic carbocycles. The fraction of sp³-hybridized carbons (Fsp3) is 0.300. The molecule has 2 nitrogen and oxygen atoms in total. The summed E-state index contributed by atoms with van der Waals surface area (Å²) >= 11 is 0. The first kappa shape index (κ1) is 8.78. The van der Waals surface area contributed by atoms with Crippen molar-refractivity contribution in [1.29, 1.82) is 0 Å². The molecule has 1 aromatic rings. The van der Waals surface area contributed by atoms with Crippen LogP contribution in [-0.2, 0) is 11.2 Å². The highest BCUT2D eigenvalue weighted by molar-refractivity contribution is 5.69. The van der Waals surface area contributed by atoms with Crippen LogP contribution in [0.1, 0.15) is 12.5 Å². The Morgan fingerprint density at radius 2 is 2.00 bits per heavy atom. The van der Waals surface area contributed by atoms with Crippen molar-refractivity contribution in [2.45, 2.75) is 13.3 Å². The van der Waals surface area contributed by atoms with Gasteiger partial charge in [-0.15, -0.1) is 0 Å². The molecule has 0 aliphatic rings. The number of aliphatic carboxylic acids is 1. The van der Waals surface area contributed by atoms with Gasteiger partial charge in [0.25, 0.3) is 0 Å². The van der Waals surface area contributed by atoms with E-state index in [0.29, 0.717) is 6.42 Å². The normalized spacial score (nSPS) is 12.4. The summed E-state index contributed by atoms with van der Waals surface area (Å²) in [7, 11) is 0. The van der Waals surface area contributed by atoms with Gasteiger partial charge in [-0.25, -0.2) is 0 Å². The van der Waals surface area contributed by atoms with Crippen LogP contribution < -0.4 is 0 Å². The van der Waals surface area contributed by atoms with Gasteiger partial charge in [-0.3, -0.25) is 4.79 Å². The van der Waals surface area contributed by atoms with Gasteiger partial charge in [0.2, 0.25) is 0 Å². The van der Waals surface area contributed by atoms with E-state index < -0.39 is 5.97 Å². The van der Waals surface area contributed by atoms with Crippen molar-refractivity contribution in [2.75, 3.05) is 0 Å². The maximum atomic E-state index is 10.5. The summed E-state index contributed by atoms with van der Waals surface area (Å²) in [6.07, 6.45) is 0.607. The molecule has 64 valence electrons. The van der Waals surface area contributed by atoms with Gasteiger partial charge in [-0.2, -0.15) is 0 Å². The minimum Gasteiger partial charge on any atom is -0.481 e. The van der Waals surface area contributed by atoms with Gasteiger partial charge >= 0.3 is 5.97 Å². The molecular formula is C10H12O2. The summed E-state index contributed by atoms with van der Waals surface area (Å²) in [6, 6.07) is 9.65. The Morgan fingerprint density at radius 3 is 2.50 bits per heavy atom. The van der Waals surface area contributed by atoms with Crippen LogP contribution in [0.3, 0.4) is 0 Å². The van der Waals surface area contributed by atoms with Crippen LogP contribution in [0.2, 0.25) is 0 Å². The Hall–Kier alpha value is -1.31. The van der Waals surface area contributed by atoms with Gasteiger partial charge in [-0.05, 0) is 12.0 Å². The highest BCUT2D eigenvalue weighted by Crippen LogP contribution is 2.07. The van der Waals surface area contributed by atoms with E-state index in [4.69, 9.17) is 5.11 Å². The molecule has 0 fully saturated rings. The molecule has 0 aliphatic heterocycles. The van der Waals surface area contributed by atoms with E-state index in [1.54, 1.807) is 6.92 Å². The molecule has 0 bridgehead atoms. The van der Waals surface area contributed by atoms with E-state index in [2.05, 4.69) is 0 Å². The highest BCUT2D eigenvalue weighted by atomic mass is 16.4. The molecule has 1 N–H and O–H groups in total. The number of carbonyl (C=O) groups is 1. The highest BCUT2D eigenvalue weighted by Gasteiger charge is 2.10. The van der Waals surface area contributed by atoms with Gasteiger partial charge in [0.05, 0.1) is 5.92 Å². The molecule has 0 saturated heterocycles. The number of rotatable bonds is 3. The predicted molar refractivity (Wildman–Crippen MR) is 46.9 cm³/mol. The molecule has 0 radical (unpaired) electrons. The van der Waals surface area contributed by atoms with E-state index in [1.807, 2.05) is 30.3 Å². The number of hydrogen-bond acceptors (Lipinski definition) is 1. The third kappa shape index (κ3) is 2.38. The first-order valence-corrected chi connectivity index (χ1v) is 3.97. The minimum atomic E-state index is -0.737. The molecule has 0 spiro atoms. The second-order valence-corrected chi connectivity index (χ2v) is 2.93.